The van der Waals surface area contributed by atoms with E-state index in [1.807, 2.05) is 13.8 Å². The van der Waals surface area contributed by atoms with Crippen LogP contribution in [0.4, 0.5) is 20.3 Å². The summed E-state index contributed by atoms with van der Waals surface area (Å²) in [4.78, 5) is 31.2. The smallest absolute Gasteiger partial charge is 0.316 e. The predicted molar refractivity (Wildman–Crippen MR) is 115 cm³/mol. The zero-order chi connectivity index (χ0) is 22.7. The summed E-state index contributed by atoms with van der Waals surface area (Å²) in [6.45, 7) is 3.33. The number of halogens is 2. The van der Waals surface area contributed by atoms with Gasteiger partial charge >= 0.3 is 6.01 Å². The molecule has 3 aromatic rings. The molecule has 1 aliphatic heterocycles. The third kappa shape index (κ3) is 4.79. The second-order valence-corrected chi connectivity index (χ2v) is 7.67. The van der Waals surface area contributed by atoms with Crippen LogP contribution in [0.3, 0.4) is 0 Å². The van der Waals surface area contributed by atoms with Crippen molar-refractivity contribution in [3.8, 4) is 17.3 Å². The highest BCUT2D eigenvalue weighted by molar-refractivity contribution is 6.07. The number of anilines is 2. The van der Waals surface area contributed by atoms with Gasteiger partial charge < -0.3 is 15.0 Å². The Balaban J connectivity index is 1.68. The molecule has 3 aromatic heterocycles. The molecule has 4 rings (SSSR count). The molecule has 10 heteroatoms. The number of hydrogen-bond donors (Lipinski definition) is 1. The summed E-state index contributed by atoms with van der Waals surface area (Å²) < 4.78 is 33.2. The Morgan fingerprint density at radius 3 is 2.53 bits per heavy atom. The lowest BCUT2D eigenvalue weighted by atomic mass is 10.1. The van der Waals surface area contributed by atoms with Gasteiger partial charge in [0.15, 0.2) is 5.82 Å². The minimum atomic E-state index is -2.82. The molecular weight excluding hydrogens is 418 g/mol. The van der Waals surface area contributed by atoms with Gasteiger partial charge in [0.25, 0.3) is 11.8 Å². The monoisotopic (exact) mass is 440 g/mol. The normalized spacial score (nSPS) is 15.1. The number of pyridine rings is 2. The zero-order valence-electron chi connectivity index (χ0n) is 17.6. The zero-order valence-corrected chi connectivity index (χ0v) is 17.6. The lowest BCUT2D eigenvalue weighted by Crippen LogP contribution is -2.27. The number of carbonyl (C=O) groups is 1. The van der Waals surface area contributed by atoms with Crippen LogP contribution in [0.1, 0.15) is 30.6 Å². The van der Waals surface area contributed by atoms with E-state index in [4.69, 9.17) is 4.74 Å². The first-order valence-electron chi connectivity index (χ1n) is 10.2. The second kappa shape index (κ2) is 8.81. The van der Waals surface area contributed by atoms with Crippen molar-refractivity contribution in [1.29, 1.82) is 0 Å². The molecule has 0 spiro atoms. The molecule has 32 heavy (non-hydrogen) atoms. The van der Waals surface area contributed by atoms with Gasteiger partial charge in [0.2, 0.25) is 0 Å². The van der Waals surface area contributed by atoms with Crippen molar-refractivity contribution >= 4 is 17.4 Å². The van der Waals surface area contributed by atoms with Crippen LogP contribution in [0.5, 0.6) is 6.01 Å². The fraction of sp³-hybridized carbons (Fsp3) is 0.318. The molecule has 1 fully saturated rings. The molecule has 4 heterocycles. The van der Waals surface area contributed by atoms with Crippen LogP contribution >= 0.6 is 0 Å². The number of rotatable bonds is 6. The largest absolute Gasteiger partial charge is 0.461 e. The third-order valence-electron chi connectivity index (χ3n) is 4.81. The van der Waals surface area contributed by atoms with E-state index < -0.39 is 18.4 Å². The fourth-order valence-electron chi connectivity index (χ4n) is 3.36. The Morgan fingerprint density at radius 2 is 1.91 bits per heavy atom. The average molecular weight is 440 g/mol. The van der Waals surface area contributed by atoms with Crippen LogP contribution in [0, 0.1) is 0 Å². The van der Waals surface area contributed by atoms with Crippen molar-refractivity contribution < 1.29 is 18.3 Å². The van der Waals surface area contributed by atoms with Crippen molar-refractivity contribution in [3.63, 3.8) is 0 Å². The Hall–Kier alpha value is -3.69. The maximum atomic E-state index is 13.9. The van der Waals surface area contributed by atoms with E-state index in [2.05, 4.69) is 25.3 Å². The highest BCUT2D eigenvalue weighted by atomic mass is 19.3. The van der Waals surface area contributed by atoms with Crippen molar-refractivity contribution in [2.24, 2.45) is 0 Å². The summed E-state index contributed by atoms with van der Waals surface area (Å²) in [6.07, 6.45) is 5.45. The Bertz CT molecular complexity index is 1090. The van der Waals surface area contributed by atoms with Crippen molar-refractivity contribution in [2.45, 2.75) is 32.3 Å². The number of alkyl halides is 2. The first-order valence-corrected chi connectivity index (χ1v) is 10.2. The highest BCUT2D eigenvalue weighted by Gasteiger charge is 2.40. The number of hydrogen-bond acceptors (Lipinski definition) is 7. The quantitative estimate of drug-likeness (QED) is 0.623. The van der Waals surface area contributed by atoms with Crippen molar-refractivity contribution in [1.82, 2.24) is 19.9 Å². The number of carbonyl (C=O) groups excluding carboxylic acids is 1. The Morgan fingerprint density at radius 1 is 1.12 bits per heavy atom. The molecule has 0 bridgehead atoms. The van der Waals surface area contributed by atoms with Crippen LogP contribution in [0.15, 0.2) is 49.1 Å². The summed E-state index contributed by atoms with van der Waals surface area (Å²) in [5.74, 6) is -3.05. The van der Waals surface area contributed by atoms with Crippen LogP contribution < -0.4 is 15.0 Å². The number of amides is 1. The van der Waals surface area contributed by atoms with Gasteiger partial charge in [-0.1, -0.05) is 6.07 Å². The van der Waals surface area contributed by atoms with Crippen LogP contribution in [0.2, 0.25) is 0 Å². The molecule has 0 saturated carbocycles. The maximum absolute atomic E-state index is 13.9. The lowest BCUT2D eigenvalue weighted by Gasteiger charge is -2.22. The molecule has 1 aliphatic rings. The van der Waals surface area contributed by atoms with E-state index in [1.165, 1.54) is 23.5 Å². The van der Waals surface area contributed by atoms with Gasteiger partial charge in [-0.2, -0.15) is 0 Å². The van der Waals surface area contributed by atoms with Crippen molar-refractivity contribution in [3.05, 3.63) is 54.6 Å². The van der Waals surface area contributed by atoms with E-state index in [0.717, 1.165) is 0 Å². The molecule has 1 amide bonds. The summed E-state index contributed by atoms with van der Waals surface area (Å²) in [5.41, 5.74) is 1.64. The molecule has 0 atom stereocenters. The lowest BCUT2D eigenvalue weighted by molar-refractivity contribution is 0.0257. The SMILES string of the molecule is CC(C)Oc1ncc(C(=O)Nc2c(-c3ccccn3)ccnc2N2CCC(F)(F)C2)cn1. The molecule has 0 unspecified atom stereocenters. The molecule has 8 nitrogen and oxygen atoms in total. The molecule has 0 radical (unpaired) electrons. The fourth-order valence-corrected chi connectivity index (χ4v) is 3.36. The van der Waals surface area contributed by atoms with Crippen LogP contribution in [0.25, 0.3) is 11.3 Å². The van der Waals surface area contributed by atoms with E-state index in [-0.39, 0.29) is 36.5 Å². The first kappa shape index (κ1) is 21.5. The summed E-state index contributed by atoms with van der Waals surface area (Å²) in [6, 6.07) is 7.19. The predicted octanol–water partition coefficient (Wildman–Crippen LogP) is 3.82. The molecule has 1 saturated heterocycles. The van der Waals surface area contributed by atoms with Gasteiger partial charge in [0.05, 0.1) is 29.6 Å². The van der Waals surface area contributed by atoms with Gasteiger partial charge in [-0.15, -0.1) is 0 Å². The van der Waals surface area contributed by atoms with Gasteiger partial charge in [-0.05, 0) is 32.0 Å². The maximum Gasteiger partial charge on any atom is 0.316 e. The molecule has 0 aliphatic carbocycles. The van der Waals surface area contributed by atoms with Gasteiger partial charge in [0, 0.05) is 43.3 Å². The van der Waals surface area contributed by atoms with Crippen LogP contribution in [-0.2, 0) is 0 Å². The average Bonchev–Trinajstić information content (AvgIpc) is 3.14. The number of ether oxygens (including phenoxy) is 1. The summed E-state index contributed by atoms with van der Waals surface area (Å²) in [7, 11) is 0. The number of nitrogens with zero attached hydrogens (tertiary/aromatic N) is 5. The van der Waals surface area contributed by atoms with Gasteiger partial charge in [0.1, 0.15) is 0 Å². The second-order valence-electron chi connectivity index (χ2n) is 7.67. The Kier molecular flexibility index (Phi) is 5.93. The molecular formula is C22H22F2N6O2. The summed E-state index contributed by atoms with van der Waals surface area (Å²) in [5, 5.41) is 2.81. The molecule has 0 aromatic carbocycles. The standard InChI is InChI=1S/C22H22F2N6O2/c1-14(2)32-21-27-11-15(12-28-21)20(31)29-18-16(17-5-3-4-8-25-17)6-9-26-19(18)30-10-7-22(23,24)13-30/h3-6,8-9,11-12,14H,7,10,13H2,1-2H3,(H,29,31). The van der Waals surface area contributed by atoms with E-state index >= 15 is 0 Å². The van der Waals surface area contributed by atoms with Gasteiger partial charge in [-0.3, -0.25) is 9.78 Å². The topological polar surface area (TPSA) is 93.1 Å². The molecule has 1 N–H and O–H groups in total. The third-order valence-corrected chi connectivity index (χ3v) is 4.81. The minimum absolute atomic E-state index is 0.104. The van der Waals surface area contributed by atoms with E-state index in [0.29, 0.717) is 16.9 Å². The molecule has 166 valence electrons. The highest BCUT2D eigenvalue weighted by Crippen LogP contribution is 2.38. The number of aromatic nitrogens is 4. The summed E-state index contributed by atoms with van der Waals surface area (Å²) >= 11 is 0. The van der Waals surface area contributed by atoms with Crippen molar-refractivity contribution in [2.75, 3.05) is 23.3 Å². The number of nitrogens with one attached hydrogen (secondary N) is 1. The van der Waals surface area contributed by atoms with Crippen LogP contribution in [-0.4, -0.2) is 51.0 Å². The van der Waals surface area contributed by atoms with E-state index in [1.54, 1.807) is 30.5 Å². The minimum Gasteiger partial charge on any atom is -0.461 e. The van der Waals surface area contributed by atoms with Gasteiger partial charge in [-0.25, -0.2) is 23.7 Å². The van der Waals surface area contributed by atoms with E-state index in [9.17, 15) is 13.6 Å². The Labute approximate surface area is 183 Å². The first-order chi connectivity index (χ1) is 15.3.